The lowest BCUT2D eigenvalue weighted by atomic mass is 9.69. The van der Waals surface area contributed by atoms with Gasteiger partial charge in [0.15, 0.2) is 0 Å². The SMILES string of the molecule is CCC(=O)OB(c1ccc(-c2cccc(F)c2)cc1F)N(CC(=O)OC)Cc1ccccc1. The van der Waals surface area contributed by atoms with Gasteiger partial charge in [0, 0.05) is 18.4 Å². The van der Waals surface area contributed by atoms with E-state index in [1.165, 1.54) is 36.2 Å². The second kappa shape index (κ2) is 11.4. The summed E-state index contributed by atoms with van der Waals surface area (Å²) < 4.78 is 39.3. The van der Waals surface area contributed by atoms with E-state index in [2.05, 4.69) is 0 Å². The van der Waals surface area contributed by atoms with E-state index in [0.717, 1.165) is 5.56 Å². The van der Waals surface area contributed by atoms with Gasteiger partial charge in [-0.25, -0.2) is 8.78 Å². The van der Waals surface area contributed by atoms with Crippen LogP contribution in [0.25, 0.3) is 11.1 Å². The van der Waals surface area contributed by atoms with Crippen molar-refractivity contribution in [2.45, 2.75) is 19.9 Å². The van der Waals surface area contributed by atoms with Gasteiger partial charge >= 0.3 is 13.0 Å². The maximum Gasteiger partial charge on any atom is 0.491 e. The molecule has 3 aromatic rings. The van der Waals surface area contributed by atoms with Crippen molar-refractivity contribution >= 4 is 24.5 Å². The molecule has 5 nitrogen and oxygen atoms in total. The van der Waals surface area contributed by atoms with E-state index in [-0.39, 0.29) is 25.0 Å². The standard InChI is InChI=1S/C25H24BF2NO4/c1-3-24(30)33-26(29(17-25(31)32-2)16-18-8-5-4-6-9-18)22-13-12-20(15-23(22)28)19-10-7-11-21(27)14-19/h4-15H,3,16-17H2,1-2H3. The molecule has 0 N–H and O–H groups in total. The molecule has 170 valence electrons. The van der Waals surface area contributed by atoms with Crippen LogP contribution in [-0.2, 0) is 25.5 Å². The molecule has 0 saturated heterocycles. The molecular weight excluding hydrogens is 427 g/mol. The average molecular weight is 451 g/mol. The van der Waals surface area contributed by atoms with Crippen molar-refractivity contribution in [1.29, 1.82) is 0 Å². The zero-order valence-electron chi connectivity index (χ0n) is 18.5. The maximum atomic E-state index is 15.3. The van der Waals surface area contributed by atoms with Crippen molar-refractivity contribution in [2.75, 3.05) is 13.7 Å². The lowest BCUT2D eigenvalue weighted by molar-refractivity contribution is -0.142. The van der Waals surface area contributed by atoms with Crippen molar-refractivity contribution in [3.8, 4) is 11.1 Å². The van der Waals surface area contributed by atoms with Gasteiger partial charge in [-0.1, -0.05) is 61.5 Å². The first kappa shape index (κ1) is 24.1. The summed E-state index contributed by atoms with van der Waals surface area (Å²) in [5.74, 6) is -2.18. The van der Waals surface area contributed by atoms with Crippen LogP contribution in [0, 0.1) is 11.6 Å². The molecule has 8 heteroatoms. The Morgan fingerprint density at radius 1 is 0.909 bits per heavy atom. The molecule has 3 aromatic carbocycles. The fourth-order valence-electron chi connectivity index (χ4n) is 3.39. The molecular formula is C25H24BF2NO4. The summed E-state index contributed by atoms with van der Waals surface area (Å²) >= 11 is 0. The number of carbonyl (C=O) groups excluding carboxylic acids is 2. The second-order valence-corrected chi connectivity index (χ2v) is 7.41. The zero-order valence-corrected chi connectivity index (χ0v) is 18.5. The molecule has 0 amide bonds. The summed E-state index contributed by atoms with van der Waals surface area (Å²) in [5.41, 5.74) is 1.91. The third-order valence-electron chi connectivity index (χ3n) is 5.08. The van der Waals surface area contributed by atoms with Crippen molar-refractivity contribution in [3.05, 3.63) is 90.0 Å². The minimum atomic E-state index is -1.17. The third kappa shape index (κ3) is 6.49. The first-order chi connectivity index (χ1) is 15.9. The maximum absolute atomic E-state index is 15.3. The zero-order chi connectivity index (χ0) is 23.8. The molecule has 0 atom stereocenters. The van der Waals surface area contributed by atoms with E-state index < -0.39 is 30.6 Å². The summed E-state index contributed by atoms with van der Waals surface area (Å²) in [6, 6.07) is 19.4. The number of ether oxygens (including phenoxy) is 1. The molecule has 0 aliphatic carbocycles. The summed E-state index contributed by atoms with van der Waals surface area (Å²) in [4.78, 5) is 25.9. The highest BCUT2D eigenvalue weighted by Crippen LogP contribution is 2.21. The molecule has 33 heavy (non-hydrogen) atoms. The molecule has 0 spiro atoms. The Morgan fingerprint density at radius 3 is 2.27 bits per heavy atom. The van der Waals surface area contributed by atoms with E-state index >= 15 is 4.39 Å². The minimum Gasteiger partial charge on any atom is -0.516 e. The van der Waals surface area contributed by atoms with Crippen LogP contribution in [0.5, 0.6) is 0 Å². The van der Waals surface area contributed by atoms with Gasteiger partial charge in [-0.05, 0) is 34.9 Å². The highest BCUT2D eigenvalue weighted by molar-refractivity contribution is 6.66. The Balaban J connectivity index is 2.01. The van der Waals surface area contributed by atoms with Gasteiger partial charge in [-0.15, -0.1) is 0 Å². The third-order valence-corrected chi connectivity index (χ3v) is 5.08. The monoisotopic (exact) mass is 451 g/mol. The molecule has 0 bridgehead atoms. The predicted octanol–water partition coefficient (Wildman–Crippen LogP) is 3.96. The predicted molar refractivity (Wildman–Crippen MR) is 122 cm³/mol. The average Bonchev–Trinajstić information content (AvgIpc) is 2.82. The molecule has 0 saturated carbocycles. The number of rotatable bonds is 9. The lowest BCUT2D eigenvalue weighted by Crippen LogP contribution is -2.54. The number of halogens is 2. The Hall–Kier alpha value is -3.52. The number of hydrogen-bond donors (Lipinski definition) is 0. The molecule has 0 aromatic heterocycles. The molecule has 0 aliphatic rings. The highest BCUT2D eigenvalue weighted by Gasteiger charge is 2.35. The van der Waals surface area contributed by atoms with Crippen LogP contribution in [0.3, 0.4) is 0 Å². The Morgan fingerprint density at radius 2 is 1.64 bits per heavy atom. The topological polar surface area (TPSA) is 55.8 Å². The van der Waals surface area contributed by atoms with Crippen LogP contribution in [0.2, 0.25) is 0 Å². The van der Waals surface area contributed by atoms with Gasteiger partial charge in [-0.3, -0.25) is 14.4 Å². The van der Waals surface area contributed by atoms with Gasteiger partial charge in [0.1, 0.15) is 11.6 Å². The van der Waals surface area contributed by atoms with Gasteiger partial charge in [0.25, 0.3) is 5.97 Å². The second-order valence-electron chi connectivity index (χ2n) is 7.41. The number of esters is 1. The van der Waals surface area contributed by atoms with Crippen LogP contribution < -0.4 is 5.46 Å². The van der Waals surface area contributed by atoms with Crippen molar-refractivity contribution in [3.63, 3.8) is 0 Å². The molecule has 0 fully saturated rings. The number of carbonyl (C=O) groups is 2. The fourth-order valence-corrected chi connectivity index (χ4v) is 3.39. The highest BCUT2D eigenvalue weighted by atomic mass is 19.1. The van der Waals surface area contributed by atoms with Crippen LogP contribution in [0.4, 0.5) is 8.78 Å². The van der Waals surface area contributed by atoms with E-state index in [1.54, 1.807) is 25.1 Å². The van der Waals surface area contributed by atoms with Gasteiger partial charge in [0.05, 0.1) is 13.7 Å². The van der Waals surface area contributed by atoms with Gasteiger partial charge in [0.2, 0.25) is 0 Å². The van der Waals surface area contributed by atoms with Gasteiger partial charge < -0.3 is 9.39 Å². The van der Waals surface area contributed by atoms with E-state index in [9.17, 15) is 14.0 Å². The Labute approximate surface area is 192 Å². The number of benzene rings is 3. The minimum absolute atomic E-state index is 0.0803. The first-order valence-electron chi connectivity index (χ1n) is 10.5. The van der Waals surface area contributed by atoms with Crippen molar-refractivity contribution < 1.29 is 27.8 Å². The number of hydrogen-bond acceptors (Lipinski definition) is 5. The number of methoxy groups -OCH3 is 1. The molecule has 0 aliphatic heterocycles. The van der Waals surface area contributed by atoms with E-state index in [0.29, 0.717) is 11.1 Å². The van der Waals surface area contributed by atoms with Crippen LogP contribution in [-0.4, -0.2) is 37.5 Å². The Kier molecular flexibility index (Phi) is 8.32. The molecule has 0 heterocycles. The van der Waals surface area contributed by atoms with E-state index in [1.807, 2.05) is 30.3 Å². The van der Waals surface area contributed by atoms with Gasteiger partial charge in [-0.2, -0.15) is 0 Å². The summed E-state index contributed by atoms with van der Waals surface area (Å²) in [5, 5.41) is 0. The van der Waals surface area contributed by atoms with Crippen LogP contribution in [0.1, 0.15) is 18.9 Å². The van der Waals surface area contributed by atoms with Crippen molar-refractivity contribution in [2.24, 2.45) is 0 Å². The Bertz CT molecular complexity index is 1110. The first-order valence-corrected chi connectivity index (χ1v) is 10.5. The van der Waals surface area contributed by atoms with Crippen LogP contribution >= 0.6 is 0 Å². The molecule has 3 rings (SSSR count). The summed E-state index contributed by atoms with van der Waals surface area (Å²) in [6.45, 7) is 1.62. The smallest absolute Gasteiger partial charge is 0.491 e. The quantitative estimate of drug-likeness (QED) is 0.364. The summed E-state index contributed by atoms with van der Waals surface area (Å²) in [6.07, 6.45) is 0.0803. The largest absolute Gasteiger partial charge is 0.516 e. The molecule has 0 radical (unpaired) electrons. The number of nitrogens with zero attached hydrogens (tertiary/aromatic N) is 1. The summed E-state index contributed by atoms with van der Waals surface area (Å²) in [7, 11) is 0.0862. The normalized spacial score (nSPS) is 10.7. The lowest BCUT2D eigenvalue weighted by Gasteiger charge is -2.28. The molecule has 0 unspecified atom stereocenters. The fraction of sp³-hybridized carbons (Fsp3) is 0.200. The van der Waals surface area contributed by atoms with Crippen LogP contribution in [0.15, 0.2) is 72.8 Å². The van der Waals surface area contributed by atoms with E-state index in [4.69, 9.17) is 9.39 Å². The van der Waals surface area contributed by atoms with Crippen molar-refractivity contribution in [1.82, 2.24) is 4.81 Å².